The Kier molecular flexibility index (Phi) is 6.32. The maximum atomic E-state index is 11.1. The number of carbonyl (C=O) groups is 1. The largest absolute Gasteiger partial charge is 0.468 e. The molecule has 0 radical (unpaired) electrons. The van der Waals surface area contributed by atoms with Gasteiger partial charge in [0.25, 0.3) is 0 Å². The van der Waals surface area contributed by atoms with Gasteiger partial charge >= 0.3 is 5.97 Å². The normalized spacial score (nSPS) is 12.4. The molecule has 2 N–H and O–H groups in total. The highest BCUT2D eigenvalue weighted by Gasteiger charge is 2.13. The molecule has 1 aromatic heterocycles. The van der Waals surface area contributed by atoms with E-state index in [0.717, 1.165) is 19.5 Å². The van der Waals surface area contributed by atoms with Gasteiger partial charge in [-0.15, -0.1) is 0 Å². The molecule has 0 saturated carbocycles. The third kappa shape index (κ3) is 5.25. The van der Waals surface area contributed by atoms with Gasteiger partial charge < -0.3 is 15.4 Å². The Bertz CT molecular complexity index is 357. The second-order valence-electron chi connectivity index (χ2n) is 4.33. The van der Waals surface area contributed by atoms with E-state index < -0.39 is 6.04 Å². The van der Waals surface area contributed by atoms with Crippen LogP contribution in [0.1, 0.15) is 12.0 Å². The van der Waals surface area contributed by atoms with Crippen molar-refractivity contribution in [2.75, 3.05) is 27.2 Å². The van der Waals surface area contributed by atoms with Crippen LogP contribution >= 0.6 is 0 Å². The SMILES string of the molecule is COC(=O)C(N)CCN(C)CCc1ccncc1. The summed E-state index contributed by atoms with van der Waals surface area (Å²) in [6.07, 6.45) is 5.16. The zero-order valence-electron chi connectivity index (χ0n) is 11.0. The summed E-state index contributed by atoms with van der Waals surface area (Å²) < 4.78 is 4.58. The van der Waals surface area contributed by atoms with Crippen molar-refractivity contribution in [2.45, 2.75) is 18.9 Å². The van der Waals surface area contributed by atoms with Gasteiger partial charge in [0, 0.05) is 18.9 Å². The van der Waals surface area contributed by atoms with Crippen molar-refractivity contribution in [3.8, 4) is 0 Å². The van der Waals surface area contributed by atoms with E-state index in [2.05, 4.69) is 14.6 Å². The molecule has 18 heavy (non-hydrogen) atoms. The standard InChI is InChI=1S/C13H21N3O2/c1-16(10-6-12(14)13(17)18-2)9-5-11-3-7-15-8-4-11/h3-4,7-8,12H,5-6,9-10,14H2,1-2H3. The number of nitrogens with two attached hydrogens (primary N) is 1. The molecule has 1 atom stereocenters. The lowest BCUT2D eigenvalue weighted by atomic mass is 10.2. The maximum Gasteiger partial charge on any atom is 0.322 e. The van der Waals surface area contributed by atoms with Crippen LogP contribution in [-0.4, -0.2) is 49.1 Å². The lowest BCUT2D eigenvalue weighted by molar-refractivity contribution is -0.142. The molecule has 0 aromatic carbocycles. The fourth-order valence-electron chi connectivity index (χ4n) is 1.61. The molecule has 0 saturated heterocycles. The van der Waals surface area contributed by atoms with Crippen molar-refractivity contribution in [2.24, 2.45) is 5.73 Å². The summed E-state index contributed by atoms with van der Waals surface area (Å²) in [6.45, 7) is 1.71. The Morgan fingerprint density at radius 2 is 2.11 bits per heavy atom. The van der Waals surface area contributed by atoms with Gasteiger partial charge in [0.15, 0.2) is 0 Å². The van der Waals surface area contributed by atoms with Crippen molar-refractivity contribution in [3.63, 3.8) is 0 Å². The molecule has 0 amide bonds. The van der Waals surface area contributed by atoms with Crippen LogP contribution in [0.3, 0.4) is 0 Å². The predicted octanol–water partition coefficient (Wildman–Crippen LogP) is 0.446. The van der Waals surface area contributed by atoms with Gasteiger partial charge in [0.05, 0.1) is 7.11 Å². The van der Waals surface area contributed by atoms with Crippen molar-refractivity contribution in [1.82, 2.24) is 9.88 Å². The van der Waals surface area contributed by atoms with Gasteiger partial charge in [0.1, 0.15) is 6.04 Å². The fourth-order valence-corrected chi connectivity index (χ4v) is 1.61. The van der Waals surface area contributed by atoms with Crippen LogP contribution < -0.4 is 5.73 Å². The van der Waals surface area contributed by atoms with E-state index in [1.165, 1.54) is 12.7 Å². The molecular weight excluding hydrogens is 230 g/mol. The maximum absolute atomic E-state index is 11.1. The molecule has 1 unspecified atom stereocenters. The molecule has 5 heteroatoms. The predicted molar refractivity (Wildman–Crippen MR) is 70.0 cm³/mol. The summed E-state index contributed by atoms with van der Waals surface area (Å²) >= 11 is 0. The molecule has 5 nitrogen and oxygen atoms in total. The summed E-state index contributed by atoms with van der Waals surface area (Å²) in [5.74, 6) is -0.350. The Morgan fingerprint density at radius 3 is 2.72 bits per heavy atom. The molecule has 0 spiro atoms. The number of hydrogen-bond acceptors (Lipinski definition) is 5. The van der Waals surface area contributed by atoms with Gasteiger partial charge in [-0.3, -0.25) is 9.78 Å². The molecule has 100 valence electrons. The number of hydrogen-bond donors (Lipinski definition) is 1. The Hall–Kier alpha value is -1.46. The monoisotopic (exact) mass is 251 g/mol. The average Bonchev–Trinajstić information content (AvgIpc) is 2.42. The van der Waals surface area contributed by atoms with Crippen LogP contribution in [0.5, 0.6) is 0 Å². The van der Waals surface area contributed by atoms with Crippen molar-refractivity contribution >= 4 is 5.97 Å². The van der Waals surface area contributed by atoms with Crippen LogP contribution in [0, 0.1) is 0 Å². The average molecular weight is 251 g/mol. The minimum atomic E-state index is -0.529. The van der Waals surface area contributed by atoms with E-state index in [1.807, 2.05) is 19.2 Å². The van der Waals surface area contributed by atoms with Crippen LogP contribution in [0.2, 0.25) is 0 Å². The van der Waals surface area contributed by atoms with Crippen LogP contribution in [0.25, 0.3) is 0 Å². The number of likely N-dealkylation sites (N-methyl/N-ethyl adjacent to an activating group) is 1. The first kappa shape index (κ1) is 14.6. The number of rotatable bonds is 7. The molecule has 1 heterocycles. The van der Waals surface area contributed by atoms with E-state index in [-0.39, 0.29) is 5.97 Å². The van der Waals surface area contributed by atoms with E-state index in [9.17, 15) is 4.79 Å². The first-order valence-corrected chi connectivity index (χ1v) is 6.04. The van der Waals surface area contributed by atoms with E-state index >= 15 is 0 Å². The van der Waals surface area contributed by atoms with E-state index in [0.29, 0.717) is 6.42 Å². The zero-order valence-corrected chi connectivity index (χ0v) is 11.0. The van der Waals surface area contributed by atoms with Crippen molar-refractivity contribution in [1.29, 1.82) is 0 Å². The second kappa shape index (κ2) is 7.79. The number of esters is 1. The summed E-state index contributed by atoms with van der Waals surface area (Å²) in [5.41, 5.74) is 6.93. The smallest absolute Gasteiger partial charge is 0.322 e. The molecule has 0 aliphatic rings. The third-order valence-electron chi connectivity index (χ3n) is 2.86. The molecule has 0 fully saturated rings. The highest BCUT2D eigenvalue weighted by Crippen LogP contribution is 2.00. The summed E-state index contributed by atoms with van der Waals surface area (Å²) in [6, 6.07) is 3.49. The van der Waals surface area contributed by atoms with Crippen LogP contribution in [0.4, 0.5) is 0 Å². The summed E-state index contributed by atoms with van der Waals surface area (Å²) in [5, 5.41) is 0. The van der Waals surface area contributed by atoms with Gasteiger partial charge in [0.2, 0.25) is 0 Å². The number of methoxy groups -OCH3 is 1. The fraction of sp³-hybridized carbons (Fsp3) is 0.538. The Morgan fingerprint density at radius 1 is 1.44 bits per heavy atom. The minimum Gasteiger partial charge on any atom is -0.468 e. The van der Waals surface area contributed by atoms with E-state index in [4.69, 9.17) is 5.73 Å². The molecule has 0 bridgehead atoms. The van der Waals surface area contributed by atoms with Gasteiger partial charge in [-0.2, -0.15) is 0 Å². The zero-order chi connectivity index (χ0) is 13.4. The second-order valence-corrected chi connectivity index (χ2v) is 4.33. The topological polar surface area (TPSA) is 68.5 Å². The van der Waals surface area contributed by atoms with E-state index in [1.54, 1.807) is 12.4 Å². The van der Waals surface area contributed by atoms with Crippen LogP contribution in [0.15, 0.2) is 24.5 Å². The van der Waals surface area contributed by atoms with Gasteiger partial charge in [-0.1, -0.05) is 0 Å². The molecule has 1 aromatic rings. The number of ether oxygens (including phenoxy) is 1. The number of pyridine rings is 1. The number of nitrogens with zero attached hydrogens (tertiary/aromatic N) is 2. The lowest BCUT2D eigenvalue weighted by Crippen LogP contribution is -2.35. The summed E-state index contributed by atoms with van der Waals surface area (Å²) in [4.78, 5) is 17.3. The Balaban J connectivity index is 2.22. The highest BCUT2D eigenvalue weighted by atomic mass is 16.5. The molecule has 0 aliphatic heterocycles. The molecule has 1 rings (SSSR count). The van der Waals surface area contributed by atoms with Crippen molar-refractivity contribution < 1.29 is 9.53 Å². The molecular formula is C13H21N3O2. The van der Waals surface area contributed by atoms with Gasteiger partial charge in [-0.05, 0) is 44.1 Å². The number of aromatic nitrogens is 1. The van der Waals surface area contributed by atoms with Gasteiger partial charge in [-0.25, -0.2) is 0 Å². The van der Waals surface area contributed by atoms with Crippen LogP contribution in [-0.2, 0) is 16.0 Å². The first-order valence-electron chi connectivity index (χ1n) is 6.04. The lowest BCUT2D eigenvalue weighted by Gasteiger charge is -2.18. The number of carbonyl (C=O) groups excluding carboxylic acids is 1. The third-order valence-corrected chi connectivity index (χ3v) is 2.86. The first-order chi connectivity index (χ1) is 8.63. The molecule has 0 aliphatic carbocycles. The quantitative estimate of drug-likeness (QED) is 0.712. The summed E-state index contributed by atoms with van der Waals surface area (Å²) in [7, 11) is 3.38. The Labute approximate surface area is 108 Å². The highest BCUT2D eigenvalue weighted by molar-refractivity contribution is 5.75. The minimum absolute atomic E-state index is 0.350. The van der Waals surface area contributed by atoms with Crippen molar-refractivity contribution in [3.05, 3.63) is 30.1 Å².